The maximum Gasteiger partial charge on any atom is 0.410 e. The van der Waals surface area contributed by atoms with Crippen LogP contribution in [0.15, 0.2) is 0 Å². The maximum atomic E-state index is 12.3. The molecule has 3 atom stereocenters. The summed E-state index contributed by atoms with van der Waals surface area (Å²) in [7, 11) is 0. The molecule has 3 unspecified atom stereocenters. The molecule has 2 fully saturated rings. The summed E-state index contributed by atoms with van der Waals surface area (Å²) in [5.41, 5.74) is -0.447. The van der Waals surface area contributed by atoms with Crippen LogP contribution in [0, 0.1) is 5.92 Å². The van der Waals surface area contributed by atoms with Crippen LogP contribution in [0.1, 0.15) is 52.9 Å². The molecule has 0 aliphatic carbocycles. The summed E-state index contributed by atoms with van der Waals surface area (Å²) in [5, 5.41) is 9.46. The fraction of sp³-hybridized carbons (Fsp3) is 0.929. The first kappa shape index (κ1) is 13.7. The first-order valence-electron chi connectivity index (χ1n) is 7.04. The molecule has 2 saturated heterocycles. The minimum Gasteiger partial charge on any atom is -0.444 e. The average Bonchev–Trinajstić information content (AvgIpc) is 2.26. The normalized spacial score (nSPS) is 32.2. The van der Waals surface area contributed by atoms with E-state index < -0.39 is 5.60 Å². The number of hydrogen-bond donors (Lipinski definition) is 1. The van der Waals surface area contributed by atoms with E-state index in [4.69, 9.17) is 4.74 Å². The van der Waals surface area contributed by atoms with E-state index in [1.54, 1.807) is 0 Å². The van der Waals surface area contributed by atoms with Gasteiger partial charge in [-0.3, -0.25) is 0 Å². The SMILES string of the molecule is CC(C)(C)OC(=O)N1C2CCCC1C(CO)CC2. The molecule has 0 spiro atoms. The second-order valence-electron chi connectivity index (χ2n) is 6.56. The number of hydrogen-bond acceptors (Lipinski definition) is 3. The molecule has 0 aromatic heterocycles. The van der Waals surface area contributed by atoms with E-state index >= 15 is 0 Å². The van der Waals surface area contributed by atoms with Crippen LogP contribution < -0.4 is 0 Å². The summed E-state index contributed by atoms with van der Waals surface area (Å²) in [6.45, 7) is 5.87. The molecule has 2 bridgehead atoms. The standard InChI is InChI=1S/C14H25NO3/c1-14(2,3)18-13(17)15-11-5-4-6-12(15)10(9-16)7-8-11/h10-12,16H,4-9H2,1-3H3. The molecule has 18 heavy (non-hydrogen) atoms. The molecule has 2 aliphatic heterocycles. The molecule has 2 heterocycles. The smallest absolute Gasteiger partial charge is 0.410 e. The monoisotopic (exact) mass is 255 g/mol. The number of ether oxygens (including phenoxy) is 1. The number of aliphatic hydroxyl groups is 1. The topological polar surface area (TPSA) is 49.8 Å². The van der Waals surface area contributed by atoms with Crippen LogP contribution in [0.3, 0.4) is 0 Å². The van der Waals surface area contributed by atoms with Crippen LogP contribution in [-0.4, -0.2) is 40.4 Å². The van der Waals surface area contributed by atoms with E-state index in [-0.39, 0.29) is 24.7 Å². The lowest BCUT2D eigenvalue weighted by Gasteiger charge is -2.49. The van der Waals surface area contributed by atoms with Crippen LogP contribution in [0.4, 0.5) is 4.79 Å². The van der Waals surface area contributed by atoms with Crippen molar-refractivity contribution in [3.8, 4) is 0 Å². The molecular weight excluding hydrogens is 230 g/mol. The van der Waals surface area contributed by atoms with Gasteiger partial charge in [-0.1, -0.05) is 0 Å². The Balaban J connectivity index is 2.11. The van der Waals surface area contributed by atoms with Gasteiger partial charge in [0.2, 0.25) is 0 Å². The van der Waals surface area contributed by atoms with Crippen LogP contribution in [0.2, 0.25) is 0 Å². The van der Waals surface area contributed by atoms with Crippen molar-refractivity contribution in [2.75, 3.05) is 6.61 Å². The quantitative estimate of drug-likeness (QED) is 0.783. The van der Waals surface area contributed by atoms with Gasteiger partial charge in [-0.15, -0.1) is 0 Å². The van der Waals surface area contributed by atoms with Gasteiger partial charge >= 0.3 is 6.09 Å². The number of aliphatic hydroxyl groups excluding tert-OH is 1. The first-order valence-corrected chi connectivity index (χ1v) is 7.04. The van der Waals surface area contributed by atoms with Gasteiger partial charge in [0, 0.05) is 24.6 Å². The van der Waals surface area contributed by atoms with E-state index in [0.717, 1.165) is 32.1 Å². The summed E-state index contributed by atoms with van der Waals surface area (Å²) in [6.07, 6.45) is 5.07. The second kappa shape index (κ2) is 5.08. The molecule has 1 N–H and O–H groups in total. The molecule has 2 rings (SSSR count). The molecule has 1 amide bonds. The van der Waals surface area contributed by atoms with Crippen LogP contribution >= 0.6 is 0 Å². The molecule has 104 valence electrons. The summed E-state index contributed by atoms with van der Waals surface area (Å²) < 4.78 is 5.51. The highest BCUT2D eigenvalue weighted by molar-refractivity contribution is 5.69. The van der Waals surface area contributed by atoms with E-state index in [1.165, 1.54) is 0 Å². The van der Waals surface area contributed by atoms with Crippen molar-refractivity contribution in [1.29, 1.82) is 0 Å². The van der Waals surface area contributed by atoms with Crippen LogP contribution in [0.5, 0.6) is 0 Å². The zero-order valence-electron chi connectivity index (χ0n) is 11.7. The Kier molecular flexibility index (Phi) is 3.85. The zero-order chi connectivity index (χ0) is 13.3. The summed E-state index contributed by atoms with van der Waals surface area (Å²) in [5.74, 6) is 0.231. The third kappa shape index (κ3) is 2.79. The molecule has 2 aliphatic rings. The van der Waals surface area contributed by atoms with Crippen molar-refractivity contribution >= 4 is 6.09 Å². The number of piperidine rings is 2. The fourth-order valence-electron chi connectivity index (χ4n) is 3.27. The van der Waals surface area contributed by atoms with Gasteiger partial charge in [0.25, 0.3) is 0 Å². The van der Waals surface area contributed by atoms with E-state index in [2.05, 4.69) is 0 Å². The summed E-state index contributed by atoms with van der Waals surface area (Å²) in [4.78, 5) is 14.2. The lowest BCUT2D eigenvalue weighted by molar-refractivity contribution is -0.0422. The van der Waals surface area contributed by atoms with Crippen LogP contribution in [-0.2, 0) is 4.74 Å². The zero-order valence-corrected chi connectivity index (χ0v) is 11.7. The number of carbonyl (C=O) groups is 1. The highest BCUT2D eigenvalue weighted by Crippen LogP contribution is 2.38. The largest absolute Gasteiger partial charge is 0.444 e. The Morgan fingerprint density at radius 2 is 2.00 bits per heavy atom. The maximum absolute atomic E-state index is 12.3. The van der Waals surface area contributed by atoms with Gasteiger partial charge in [0.15, 0.2) is 0 Å². The lowest BCUT2D eigenvalue weighted by atomic mass is 9.78. The van der Waals surface area contributed by atoms with Crippen molar-refractivity contribution in [2.45, 2.75) is 70.6 Å². The molecular formula is C14H25NO3. The number of nitrogens with zero attached hydrogens (tertiary/aromatic N) is 1. The Hall–Kier alpha value is -0.770. The van der Waals surface area contributed by atoms with E-state index in [1.807, 2.05) is 25.7 Å². The molecule has 0 saturated carbocycles. The Bertz CT molecular complexity index is 311. The number of carbonyl (C=O) groups excluding carboxylic acids is 1. The third-order valence-corrected chi connectivity index (χ3v) is 4.04. The predicted molar refractivity (Wildman–Crippen MR) is 69.3 cm³/mol. The number of amides is 1. The summed E-state index contributed by atoms with van der Waals surface area (Å²) in [6, 6.07) is 0.499. The van der Waals surface area contributed by atoms with Gasteiger partial charge in [-0.2, -0.15) is 0 Å². The predicted octanol–water partition coefficient (Wildman–Crippen LogP) is 2.55. The minimum atomic E-state index is -0.447. The van der Waals surface area contributed by atoms with E-state index in [0.29, 0.717) is 6.04 Å². The van der Waals surface area contributed by atoms with E-state index in [9.17, 15) is 9.90 Å². The van der Waals surface area contributed by atoms with Crippen molar-refractivity contribution in [3.63, 3.8) is 0 Å². The average molecular weight is 255 g/mol. The van der Waals surface area contributed by atoms with Crippen LogP contribution in [0.25, 0.3) is 0 Å². The Labute approximate surface area is 109 Å². The minimum absolute atomic E-state index is 0.177. The Morgan fingerprint density at radius 3 is 2.61 bits per heavy atom. The van der Waals surface area contributed by atoms with Gasteiger partial charge < -0.3 is 14.7 Å². The molecule has 0 aromatic carbocycles. The summed E-state index contributed by atoms with van der Waals surface area (Å²) >= 11 is 0. The number of rotatable bonds is 1. The van der Waals surface area contributed by atoms with Gasteiger partial charge in [-0.05, 0) is 52.9 Å². The highest BCUT2D eigenvalue weighted by atomic mass is 16.6. The fourth-order valence-corrected chi connectivity index (χ4v) is 3.27. The van der Waals surface area contributed by atoms with Crippen molar-refractivity contribution in [2.24, 2.45) is 5.92 Å². The number of fused-ring (bicyclic) bond motifs is 2. The third-order valence-electron chi connectivity index (χ3n) is 4.04. The molecule has 4 heteroatoms. The van der Waals surface area contributed by atoms with Gasteiger partial charge in [0.05, 0.1) is 0 Å². The van der Waals surface area contributed by atoms with Crippen molar-refractivity contribution in [1.82, 2.24) is 4.90 Å². The van der Waals surface area contributed by atoms with Gasteiger partial charge in [0.1, 0.15) is 5.60 Å². The van der Waals surface area contributed by atoms with Crippen molar-refractivity contribution < 1.29 is 14.6 Å². The molecule has 4 nitrogen and oxygen atoms in total. The second-order valence-corrected chi connectivity index (χ2v) is 6.56. The van der Waals surface area contributed by atoms with Gasteiger partial charge in [-0.25, -0.2) is 4.79 Å². The Morgan fingerprint density at radius 1 is 1.28 bits per heavy atom. The lowest BCUT2D eigenvalue weighted by Crippen LogP contribution is -2.57. The first-order chi connectivity index (χ1) is 8.42. The highest BCUT2D eigenvalue weighted by Gasteiger charge is 2.43. The van der Waals surface area contributed by atoms with Crippen molar-refractivity contribution in [3.05, 3.63) is 0 Å². The molecule has 0 radical (unpaired) electrons. The molecule has 0 aromatic rings.